The fourth-order valence-corrected chi connectivity index (χ4v) is 6.60. The molecule has 5 rings (SSSR count). The van der Waals surface area contributed by atoms with Gasteiger partial charge in [0.2, 0.25) is 12.7 Å². The van der Waals surface area contributed by atoms with Gasteiger partial charge >= 0.3 is 0 Å². The third-order valence-electron chi connectivity index (χ3n) is 5.99. The molecule has 0 radical (unpaired) electrons. The molecule has 0 saturated heterocycles. The summed E-state index contributed by atoms with van der Waals surface area (Å²) in [6.07, 6.45) is 3.06. The molecule has 9 heteroatoms. The number of fused-ring (bicyclic) bond motifs is 4. The van der Waals surface area contributed by atoms with Crippen molar-refractivity contribution in [2.24, 2.45) is 5.92 Å². The Kier molecular flexibility index (Phi) is 5.63. The number of carbonyl (C=O) groups is 1. The Morgan fingerprint density at radius 3 is 3.00 bits per heavy atom. The number of rotatable bonds is 5. The van der Waals surface area contributed by atoms with E-state index in [1.165, 1.54) is 22.2 Å². The predicted molar refractivity (Wildman–Crippen MR) is 127 cm³/mol. The van der Waals surface area contributed by atoms with Crippen molar-refractivity contribution in [3.05, 3.63) is 39.0 Å². The topological polar surface area (TPSA) is 82.5 Å². The summed E-state index contributed by atoms with van der Waals surface area (Å²) in [6, 6.07) is 5.31. The summed E-state index contributed by atoms with van der Waals surface area (Å²) in [5.41, 5.74) is 1.84. The monoisotopic (exact) mass is 471 g/mol. The van der Waals surface area contributed by atoms with Crippen LogP contribution in [0.4, 0.5) is 5.69 Å². The smallest absolute Gasteiger partial charge is 0.263 e. The van der Waals surface area contributed by atoms with Crippen LogP contribution in [0.15, 0.2) is 28.2 Å². The minimum atomic E-state index is -0.433. The van der Waals surface area contributed by atoms with E-state index in [9.17, 15) is 9.59 Å². The number of amides is 1. The number of aryl methyl sites for hydroxylation is 1. The van der Waals surface area contributed by atoms with Crippen LogP contribution in [0.2, 0.25) is 0 Å². The molecule has 1 amide bonds. The number of anilines is 1. The molecular formula is C23H25N3O4S2. The van der Waals surface area contributed by atoms with Gasteiger partial charge in [0.25, 0.3) is 5.56 Å². The van der Waals surface area contributed by atoms with Crippen LogP contribution in [-0.2, 0) is 24.2 Å². The minimum absolute atomic E-state index is 0.00966. The van der Waals surface area contributed by atoms with Crippen molar-refractivity contribution in [2.75, 3.05) is 12.1 Å². The number of aromatic nitrogens is 2. The molecular weight excluding hydrogens is 446 g/mol. The zero-order valence-electron chi connectivity index (χ0n) is 18.3. The lowest BCUT2D eigenvalue weighted by molar-refractivity contribution is -0.115. The lowest BCUT2D eigenvalue weighted by Crippen LogP contribution is -2.26. The van der Waals surface area contributed by atoms with E-state index in [2.05, 4.69) is 12.2 Å². The molecule has 168 valence electrons. The molecule has 32 heavy (non-hydrogen) atoms. The van der Waals surface area contributed by atoms with Crippen molar-refractivity contribution in [2.45, 2.75) is 57.0 Å². The summed E-state index contributed by atoms with van der Waals surface area (Å²) in [5.74, 6) is 1.76. The molecule has 2 unspecified atom stereocenters. The van der Waals surface area contributed by atoms with Gasteiger partial charge in [0, 0.05) is 23.2 Å². The van der Waals surface area contributed by atoms with Crippen LogP contribution in [-0.4, -0.2) is 27.5 Å². The van der Waals surface area contributed by atoms with E-state index in [4.69, 9.17) is 14.5 Å². The van der Waals surface area contributed by atoms with E-state index < -0.39 is 5.25 Å². The first-order chi connectivity index (χ1) is 15.4. The summed E-state index contributed by atoms with van der Waals surface area (Å²) >= 11 is 2.95. The standard InChI is InChI=1S/C23H25N3O4S2/c1-4-26-22(28)19-15-7-5-12(2)9-18(15)32-21(19)25-23(26)31-13(3)20(27)24-14-6-8-16-17(10-14)30-11-29-16/h6,8,10,12-13H,4-5,7,9,11H2,1-3H3,(H,24,27). The van der Waals surface area contributed by atoms with Crippen LogP contribution in [0, 0.1) is 5.92 Å². The van der Waals surface area contributed by atoms with Crippen LogP contribution in [0.3, 0.4) is 0 Å². The van der Waals surface area contributed by atoms with Gasteiger partial charge in [-0.05, 0) is 56.7 Å². The molecule has 1 N–H and O–H groups in total. The average molecular weight is 472 g/mol. The lowest BCUT2D eigenvalue weighted by atomic mass is 9.89. The number of ether oxygens (including phenoxy) is 2. The SMILES string of the molecule is CCn1c(SC(C)C(=O)Nc2ccc3c(c2)OCO3)nc2sc3c(c2c1=O)CCC(C)C3. The molecule has 0 saturated carbocycles. The first-order valence-electron chi connectivity index (χ1n) is 10.9. The van der Waals surface area contributed by atoms with Gasteiger partial charge in [-0.1, -0.05) is 18.7 Å². The Hall–Kier alpha value is -2.52. The van der Waals surface area contributed by atoms with Crippen molar-refractivity contribution in [3.8, 4) is 11.5 Å². The lowest BCUT2D eigenvalue weighted by Gasteiger charge is -2.18. The fourth-order valence-electron chi connectivity index (χ4n) is 4.20. The number of hydrogen-bond acceptors (Lipinski definition) is 7. The fraction of sp³-hybridized carbons (Fsp3) is 0.435. The molecule has 1 aliphatic heterocycles. The molecule has 2 aromatic heterocycles. The third kappa shape index (κ3) is 3.77. The highest BCUT2D eigenvalue weighted by Crippen LogP contribution is 2.37. The van der Waals surface area contributed by atoms with Gasteiger partial charge in [-0.3, -0.25) is 14.2 Å². The molecule has 2 aliphatic rings. The number of benzene rings is 1. The van der Waals surface area contributed by atoms with Crippen LogP contribution >= 0.6 is 23.1 Å². The third-order valence-corrected chi connectivity index (χ3v) is 8.23. The van der Waals surface area contributed by atoms with E-state index in [-0.39, 0.29) is 18.3 Å². The zero-order valence-corrected chi connectivity index (χ0v) is 19.9. The Balaban J connectivity index is 1.40. The molecule has 2 atom stereocenters. The minimum Gasteiger partial charge on any atom is -0.454 e. The van der Waals surface area contributed by atoms with Crippen LogP contribution in [0.25, 0.3) is 10.2 Å². The normalized spacial score (nSPS) is 17.9. The van der Waals surface area contributed by atoms with E-state index >= 15 is 0 Å². The van der Waals surface area contributed by atoms with Crippen LogP contribution in [0.1, 0.15) is 37.6 Å². The van der Waals surface area contributed by atoms with Crippen molar-refractivity contribution in [1.29, 1.82) is 0 Å². The molecule has 0 spiro atoms. The molecule has 3 aromatic rings. The Labute approximate surface area is 194 Å². The second-order valence-electron chi connectivity index (χ2n) is 8.29. The second-order valence-corrected chi connectivity index (χ2v) is 10.7. The molecule has 1 aliphatic carbocycles. The van der Waals surface area contributed by atoms with E-state index in [0.29, 0.717) is 34.8 Å². The maximum absolute atomic E-state index is 13.3. The first kappa shape index (κ1) is 21.3. The molecule has 0 fully saturated rings. The molecule has 1 aromatic carbocycles. The van der Waals surface area contributed by atoms with Gasteiger partial charge in [0.1, 0.15) is 4.83 Å². The summed E-state index contributed by atoms with van der Waals surface area (Å²) < 4.78 is 12.4. The maximum atomic E-state index is 13.3. The van der Waals surface area contributed by atoms with Gasteiger partial charge in [0.15, 0.2) is 16.7 Å². The van der Waals surface area contributed by atoms with E-state index in [0.717, 1.165) is 29.5 Å². The highest BCUT2D eigenvalue weighted by molar-refractivity contribution is 8.00. The van der Waals surface area contributed by atoms with Gasteiger partial charge in [-0.15, -0.1) is 11.3 Å². The highest BCUT2D eigenvalue weighted by atomic mass is 32.2. The predicted octanol–water partition coefficient (Wildman–Crippen LogP) is 4.45. The van der Waals surface area contributed by atoms with Crippen LogP contribution < -0.4 is 20.3 Å². The summed E-state index contributed by atoms with van der Waals surface area (Å²) in [4.78, 5) is 33.1. The average Bonchev–Trinajstić information content (AvgIpc) is 3.37. The van der Waals surface area contributed by atoms with E-state index in [1.54, 1.807) is 34.1 Å². The second kappa shape index (κ2) is 8.44. The number of carbonyl (C=O) groups excluding carboxylic acids is 1. The van der Waals surface area contributed by atoms with Crippen LogP contribution in [0.5, 0.6) is 11.5 Å². The summed E-state index contributed by atoms with van der Waals surface area (Å²) in [5, 5.41) is 3.85. The molecule has 0 bridgehead atoms. The number of thioether (sulfide) groups is 1. The highest BCUT2D eigenvalue weighted by Gasteiger charge is 2.26. The number of hydrogen-bond donors (Lipinski definition) is 1. The van der Waals surface area contributed by atoms with Gasteiger partial charge in [-0.2, -0.15) is 0 Å². The molecule has 7 nitrogen and oxygen atoms in total. The Morgan fingerprint density at radius 2 is 2.19 bits per heavy atom. The Bertz CT molecular complexity index is 1270. The first-order valence-corrected chi connectivity index (χ1v) is 12.6. The van der Waals surface area contributed by atoms with Gasteiger partial charge < -0.3 is 14.8 Å². The number of nitrogens with zero attached hydrogens (tertiary/aromatic N) is 2. The van der Waals surface area contributed by atoms with E-state index in [1.807, 2.05) is 13.8 Å². The summed E-state index contributed by atoms with van der Waals surface area (Å²) in [7, 11) is 0. The van der Waals surface area contributed by atoms with Crippen molar-refractivity contribution >= 4 is 44.9 Å². The van der Waals surface area contributed by atoms with Gasteiger partial charge in [-0.25, -0.2) is 4.98 Å². The number of nitrogens with one attached hydrogen (secondary N) is 1. The summed E-state index contributed by atoms with van der Waals surface area (Å²) in [6.45, 7) is 6.73. The van der Waals surface area contributed by atoms with Crippen molar-refractivity contribution in [3.63, 3.8) is 0 Å². The zero-order chi connectivity index (χ0) is 22.4. The molecule has 3 heterocycles. The van der Waals surface area contributed by atoms with Gasteiger partial charge in [0.05, 0.1) is 10.6 Å². The quantitative estimate of drug-likeness (QED) is 0.437. The maximum Gasteiger partial charge on any atom is 0.263 e. The van der Waals surface area contributed by atoms with Crippen molar-refractivity contribution in [1.82, 2.24) is 9.55 Å². The largest absolute Gasteiger partial charge is 0.454 e. The Morgan fingerprint density at radius 1 is 1.38 bits per heavy atom. The van der Waals surface area contributed by atoms with Crippen molar-refractivity contribution < 1.29 is 14.3 Å². The number of thiophene rings is 1.